The topological polar surface area (TPSA) is 50.8 Å². The van der Waals surface area contributed by atoms with Crippen molar-refractivity contribution in [3.63, 3.8) is 0 Å². The van der Waals surface area contributed by atoms with E-state index >= 15 is 0 Å². The minimum Gasteiger partial charge on any atom is -0.442 e. The molecule has 2 fully saturated rings. The molecule has 2 saturated heterocycles. The second-order valence-electron chi connectivity index (χ2n) is 3.66. The number of likely N-dealkylation sites (N-methyl/N-ethyl adjacent to an activating group) is 1. The molecule has 0 aromatic heterocycles. The fourth-order valence-electron chi connectivity index (χ4n) is 1.54. The molecule has 2 aliphatic heterocycles. The molecule has 1 amide bonds. The van der Waals surface area contributed by atoms with Gasteiger partial charge in [-0.05, 0) is 6.92 Å². The number of hydrogen-bond donors (Lipinski definition) is 1. The van der Waals surface area contributed by atoms with Crippen molar-refractivity contribution in [2.75, 3.05) is 32.8 Å². The van der Waals surface area contributed by atoms with E-state index in [0.29, 0.717) is 25.8 Å². The average Bonchev–Trinajstić information content (AvgIpc) is 2.44. The Labute approximate surface area is 83.3 Å². The molecule has 0 aromatic carbocycles. The van der Waals surface area contributed by atoms with Crippen LogP contribution in [0.2, 0.25) is 0 Å². The SMILES string of the molecule is CCN1CC(COC2CNC2)OC1=O. The number of nitrogens with zero attached hydrogens (tertiary/aromatic N) is 1. The van der Waals surface area contributed by atoms with Gasteiger partial charge in [-0.1, -0.05) is 0 Å². The minimum atomic E-state index is -0.215. The Hall–Kier alpha value is -0.810. The predicted octanol–water partition coefficient (Wildman–Crippen LogP) is -0.185. The molecule has 0 spiro atoms. The zero-order chi connectivity index (χ0) is 9.97. The lowest BCUT2D eigenvalue weighted by Gasteiger charge is -2.27. The molecule has 2 aliphatic rings. The molecule has 0 saturated carbocycles. The smallest absolute Gasteiger partial charge is 0.410 e. The van der Waals surface area contributed by atoms with Gasteiger partial charge in [-0.25, -0.2) is 4.79 Å². The summed E-state index contributed by atoms with van der Waals surface area (Å²) in [6.07, 6.45) is 0.0141. The molecule has 5 heteroatoms. The van der Waals surface area contributed by atoms with Crippen LogP contribution in [0.15, 0.2) is 0 Å². The van der Waals surface area contributed by atoms with Crippen molar-refractivity contribution in [3.8, 4) is 0 Å². The highest BCUT2D eigenvalue weighted by Gasteiger charge is 2.31. The highest BCUT2D eigenvalue weighted by atomic mass is 16.6. The van der Waals surface area contributed by atoms with Gasteiger partial charge >= 0.3 is 6.09 Å². The molecule has 1 atom stereocenters. The molecule has 14 heavy (non-hydrogen) atoms. The van der Waals surface area contributed by atoms with Crippen molar-refractivity contribution in [2.24, 2.45) is 0 Å². The van der Waals surface area contributed by atoms with E-state index in [4.69, 9.17) is 9.47 Å². The zero-order valence-electron chi connectivity index (χ0n) is 8.36. The first-order chi connectivity index (χ1) is 6.79. The Bertz CT molecular complexity index is 218. The van der Waals surface area contributed by atoms with Crippen molar-refractivity contribution in [3.05, 3.63) is 0 Å². The molecule has 0 radical (unpaired) electrons. The molecule has 0 aromatic rings. The number of carbonyl (C=O) groups excluding carboxylic acids is 1. The van der Waals surface area contributed by atoms with Crippen LogP contribution in [-0.4, -0.2) is 56.0 Å². The maximum atomic E-state index is 11.2. The number of hydrogen-bond acceptors (Lipinski definition) is 4. The molecule has 0 bridgehead atoms. The second-order valence-corrected chi connectivity index (χ2v) is 3.66. The van der Waals surface area contributed by atoms with Crippen LogP contribution in [-0.2, 0) is 9.47 Å². The normalized spacial score (nSPS) is 27.6. The van der Waals surface area contributed by atoms with Crippen LogP contribution in [0.25, 0.3) is 0 Å². The molecule has 80 valence electrons. The summed E-state index contributed by atoms with van der Waals surface area (Å²) < 4.78 is 10.7. The quantitative estimate of drug-likeness (QED) is 0.683. The molecule has 2 heterocycles. The zero-order valence-corrected chi connectivity index (χ0v) is 8.36. The van der Waals surface area contributed by atoms with Gasteiger partial charge < -0.3 is 19.7 Å². The summed E-state index contributed by atoms with van der Waals surface area (Å²) >= 11 is 0. The minimum absolute atomic E-state index is 0.0805. The van der Waals surface area contributed by atoms with Crippen LogP contribution >= 0.6 is 0 Å². The molecule has 1 unspecified atom stereocenters. The third-order valence-electron chi connectivity index (χ3n) is 2.59. The first kappa shape index (κ1) is 9.73. The summed E-state index contributed by atoms with van der Waals surface area (Å²) in [6, 6.07) is 0. The number of amides is 1. The lowest BCUT2D eigenvalue weighted by atomic mass is 10.2. The third-order valence-corrected chi connectivity index (χ3v) is 2.59. The number of carbonyl (C=O) groups is 1. The molecular weight excluding hydrogens is 184 g/mol. The number of ether oxygens (including phenoxy) is 2. The lowest BCUT2D eigenvalue weighted by molar-refractivity contribution is -0.0221. The van der Waals surface area contributed by atoms with Gasteiger partial charge in [0.15, 0.2) is 0 Å². The maximum Gasteiger partial charge on any atom is 0.410 e. The van der Waals surface area contributed by atoms with E-state index in [1.54, 1.807) is 4.90 Å². The van der Waals surface area contributed by atoms with Crippen LogP contribution in [0.3, 0.4) is 0 Å². The molecule has 2 rings (SSSR count). The summed E-state index contributed by atoms with van der Waals surface area (Å²) in [4.78, 5) is 12.9. The molecule has 1 N–H and O–H groups in total. The van der Waals surface area contributed by atoms with Gasteiger partial charge in [0.1, 0.15) is 6.10 Å². The van der Waals surface area contributed by atoms with E-state index in [1.165, 1.54) is 0 Å². The van der Waals surface area contributed by atoms with Gasteiger partial charge in [-0.2, -0.15) is 0 Å². The third kappa shape index (κ3) is 1.99. The van der Waals surface area contributed by atoms with Gasteiger partial charge in [-0.3, -0.25) is 0 Å². The molecular formula is C9H16N2O3. The van der Waals surface area contributed by atoms with E-state index in [0.717, 1.165) is 13.1 Å². The standard InChI is InChI=1S/C9H16N2O3/c1-2-11-5-8(14-9(11)12)6-13-7-3-10-4-7/h7-8,10H,2-6H2,1H3. The Morgan fingerprint density at radius 3 is 2.93 bits per heavy atom. The summed E-state index contributed by atoms with van der Waals surface area (Å²) in [7, 11) is 0. The number of nitrogens with one attached hydrogen (secondary N) is 1. The molecule has 5 nitrogen and oxygen atoms in total. The van der Waals surface area contributed by atoms with Crippen molar-refractivity contribution in [1.82, 2.24) is 10.2 Å². The van der Waals surface area contributed by atoms with Crippen molar-refractivity contribution < 1.29 is 14.3 Å². The van der Waals surface area contributed by atoms with Crippen molar-refractivity contribution >= 4 is 6.09 Å². The van der Waals surface area contributed by atoms with Crippen LogP contribution in [0.4, 0.5) is 4.79 Å². The first-order valence-electron chi connectivity index (χ1n) is 5.07. The molecule has 0 aliphatic carbocycles. The van der Waals surface area contributed by atoms with Crippen LogP contribution < -0.4 is 5.32 Å². The number of cyclic esters (lactones) is 1. The van der Waals surface area contributed by atoms with Gasteiger partial charge in [0.25, 0.3) is 0 Å². The highest BCUT2D eigenvalue weighted by Crippen LogP contribution is 2.12. The second kappa shape index (κ2) is 4.14. The Morgan fingerprint density at radius 2 is 2.43 bits per heavy atom. The predicted molar refractivity (Wildman–Crippen MR) is 50.1 cm³/mol. The highest BCUT2D eigenvalue weighted by molar-refractivity contribution is 5.69. The average molecular weight is 200 g/mol. The van der Waals surface area contributed by atoms with Gasteiger partial charge in [-0.15, -0.1) is 0 Å². The van der Waals surface area contributed by atoms with Crippen LogP contribution in [0.5, 0.6) is 0 Å². The van der Waals surface area contributed by atoms with Crippen LogP contribution in [0, 0.1) is 0 Å². The Balaban J connectivity index is 1.69. The summed E-state index contributed by atoms with van der Waals surface area (Å²) in [5.41, 5.74) is 0. The fraction of sp³-hybridized carbons (Fsp3) is 0.889. The Kier molecular flexibility index (Phi) is 2.88. The maximum absolute atomic E-state index is 11.2. The van der Waals surface area contributed by atoms with E-state index in [-0.39, 0.29) is 12.2 Å². The van der Waals surface area contributed by atoms with Crippen molar-refractivity contribution in [1.29, 1.82) is 0 Å². The van der Waals surface area contributed by atoms with E-state index in [9.17, 15) is 4.79 Å². The van der Waals surface area contributed by atoms with Gasteiger partial charge in [0.05, 0.1) is 19.3 Å². The van der Waals surface area contributed by atoms with E-state index in [1.807, 2.05) is 6.92 Å². The lowest BCUT2D eigenvalue weighted by Crippen LogP contribution is -2.49. The van der Waals surface area contributed by atoms with Gasteiger partial charge in [0, 0.05) is 19.6 Å². The summed E-state index contributed by atoms with van der Waals surface area (Å²) in [5.74, 6) is 0. The largest absolute Gasteiger partial charge is 0.442 e. The Morgan fingerprint density at radius 1 is 1.64 bits per heavy atom. The fourth-order valence-corrected chi connectivity index (χ4v) is 1.54. The van der Waals surface area contributed by atoms with E-state index < -0.39 is 0 Å². The summed E-state index contributed by atoms with van der Waals surface area (Å²) in [5, 5.41) is 3.12. The first-order valence-corrected chi connectivity index (χ1v) is 5.07. The van der Waals surface area contributed by atoms with Crippen LogP contribution in [0.1, 0.15) is 6.92 Å². The van der Waals surface area contributed by atoms with Crippen molar-refractivity contribution in [2.45, 2.75) is 19.1 Å². The van der Waals surface area contributed by atoms with Gasteiger partial charge in [0.2, 0.25) is 0 Å². The van der Waals surface area contributed by atoms with E-state index in [2.05, 4.69) is 5.32 Å². The number of rotatable bonds is 4. The monoisotopic (exact) mass is 200 g/mol. The summed E-state index contributed by atoms with van der Waals surface area (Å²) in [6.45, 7) is 5.67.